The van der Waals surface area contributed by atoms with Crippen LogP contribution in [0.15, 0.2) is 36.5 Å². The van der Waals surface area contributed by atoms with Crippen LogP contribution in [0.1, 0.15) is 43.0 Å². The summed E-state index contributed by atoms with van der Waals surface area (Å²) in [6, 6.07) is 9.89. The van der Waals surface area contributed by atoms with Crippen LogP contribution in [0.2, 0.25) is 0 Å². The smallest absolute Gasteiger partial charge is 0.123 e. The Morgan fingerprint density at radius 2 is 1.95 bits per heavy atom. The summed E-state index contributed by atoms with van der Waals surface area (Å²) in [6.45, 7) is 2.16. The van der Waals surface area contributed by atoms with Gasteiger partial charge in [0, 0.05) is 12.0 Å². The molecule has 2 rings (SSSR count). The summed E-state index contributed by atoms with van der Waals surface area (Å²) in [4.78, 5) is 0. The van der Waals surface area contributed by atoms with Crippen molar-refractivity contribution < 1.29 is 0 Å². The second kappa shape index (κ2) is 7.09. The molecule has 94 valence electrons. The highest BCUT2D eigenvalue weighted by Gasteiger charge is 1.97. The van der Waals surface area contributed by atoms with Crippen molar-refractivity contribution in [1.29, 1.82) is 0 Å². The maximum Gasteiger partial charge on any atom is 0.123 e. The fraction of sp³-hybridized carbons (Fsp3) is 0.235. The number of unbranched alkanes of at least 4 members (excludes halogenated alkanes) is 2. The van der Waals surface area contributed by atoms with E-state index in [-0.39, 0.29) is 0 Å². The number of aromatic amines is 1. The van der Waals surface area contributed by atoms with E-state index >= 15 is 0 Å². The lowest BCUT2D eigenvalue weighted by Gasteiger charge is -1.87. The molecule has 0 radical (unpaired) electrons. The van der Waals surface area contributed by atoms with Gasteiger partial charge in [0.05, 0.1) is 11.8 Å². The second-order valence-electron chi connectivity index (χ2n) is 4.18. The zero-order chi connectivity index (χ0) is 13.3. The summed E-state index contributed by atoms with van der Waals surface area (Å²) in [5.74, 6) is 12.4. The number of hydrogen-bond acceptors (Lipinski definition) is 1. The van der Waals surface area contributed by atoms with Crippen LogP contribution in [0.5, 0.6) is 0 Å². The van der Waals surface area contributed by atoms with Gasteiger partial charge in [-0.15, -0.1) is 0 Å². The fourth-order valence-corrected chi connectivity index (χ4v) is 1.56. The Labute approximate surface area is 114 Å². The van der Waals surface area contributed by atoms with Crippen molar-refractivity contribution in [2.24, 2.45) is 0 Å². The van der Waals surface area contributed by atoms with Crippen molar-refractivity contribution in [2.75, 3.05) is 0 Å². The van der Waals surface area contributed by atoms with Crippen molar-refractivity contribution in [2.45, 2.75) is 26.2 Å². The highest BCUT2D eigenvalue weighted by molar-refractivity contribution is 5.48. The average molecular weight is 248 g/mol. The molecule has 1 aromatic carbocycles. The van der Waals surface area contributed by atoms with Crippen LogP contribution in [0, 0.1) is 23.7 Å². The van der Waals surface area contributed by atoms with Crippen LogP contribution in [0.4, 0.5) is 0 Å². The minimum atomic E-state index is 0.785. The van der Waals surface area contributed by atoms with Gasteiger partial charge in [-0.2, -0.15) is 5.10 Å². The maximum absolute atomic E-state index is 4.00. The lowest BCUT2D eigenvalue weighted by atomic mass is 10.2. The minimum Gasteiger partial charge on any atom is -0.269 e. The Hall–Kier alpha value is -2.45. The summed E-state index contributed by atoms with van der Waals surface area (Å²) >= 11 is 0. The molecule has 0 saturated heterocycles. The summed E-state index contributed by atoms with van der Waals surface area (Å²) < 4.78 is 0. The first-order chi connectivity index (χ1) is 9.40. The van der Waals surface area contributed by atoms with Crippen LogP contribution < -0.4 is 0 Å². The molecule has 0 aliphatic rings. The summed E-state index contributed by atoms with van der Waals surface area (Å²) in [7, 11) is 0. The summed E-state index contributed by atoms with van der Waals surface area (Å²) in [5.41, 5.74) is 2.65. The molecular weight excluding hydrogens is 232 g/mol. The molecule has 0 bridgehead atoms. The minimum absolute atomic E-state index is 0.785. The largest absolute Gasteiger partial charge is 0.269 e. The predicted octanol–water partition coefficient (Wildman–Crippen LogP) is 3.35. The molecule has 0 saturated carbocycles. The molecule has 0 atom stereocenters. The van der Waals surface area contributed by atoms with E-state index in [4.69, 9.17) is 0 Å². The van der Waals surface area contributed by atoms with Crippen LogP contribution in [0.3, 0.4) is 0 Å². The molecule has 2 nitrogen and oxygen atoms in total. The summed E-state index contributed by atoms with van der Waals surface area (Å²) in [6.07, 6.45) is 4.96. The van der Waals surface area contributed by atoms with Crippen molar-refractivity contribution in [1.82, 2.24) is 10.2 Å². The van der Waals surface area contributed by atoms with Gasteiger partial charge in [-0.1, -0.05) is 49.3 Å². The van der Waals surface area contributed by atoms with Crippen molar-refractivity contribution in [3.05, 3.63) is 53.3 Å². The standard InChI is InChI=1S/C17H16N2/c1-2-3-4-8-11-16-14-18-19-17(16)13-12-15-9-6-5-7-10-15/h5-7,9-10,14H,2-4H2,1H3,(H,18,19). The average Bonchev–Trinajstić information content (AvgIpc) is 2.90. The summed E-state index contributed by atoms with van der Waals surface area (Å²) in [5, 5.41) is 6.89. The normalized spacial score (nSPS) is 9.11. The van der Waals surface area contributed by atoms with E-state index in [1.54, 1.807) is 6.20 Å². The SMILES string of the molecule is CCCCC#Cc1cn[nH]c1C#Cc1ccccc1. The zero-order valence-corrected chi connectivity index (χ0v) is 11.0. The zero-order valence-electron chi connectivity index (χ0n) is 11.0. The highest BCUT2D eigenvalue weighted by Crippen LogP contribution is 2.02. The van der Waals surface area contributed by atoms with Gasteiger partial charge in [-0.05, 0) is 24.5 Å². The molecule has 2 aromatic rings. The fourth-order valence-electron chi connectivity index (χ4n) is 1.56. The lowest BCUT2D eigenvalue weighted by Crippen LogP contribution is -1.80. The Balaban J connectivity index is 2.12. The van der Waals surface area contributed by atoms with Gasteiger partial charge >= 0.3 is 0 Å². The van der Waals surface area contributed by atoms with Gasteiger partial charge in [0.1, 0.15) is 5.69 Å². The molecular formula is C17H16N2. The molecule has 1 heterocycles. The number of benzene rings is 1. The van der Waals surface area contributed by atoms with Crippen molar-refractivity contribution in [3.63, 3.8) is 0 Å². The molecule has 0 spiro atoms. The van der Waals surface area contributed by atoms with Gasteiger partial charge < -0.3 is 0 Å². The van der Waals surface area contributed by atoms with E-state index in [1.165, 1.54) is 6.42 Å². The van der Waals surface area contributed by atoms with Crippen LogP contribution in [-0.2, 0) is 0 Å². The van der Waals surface area contributed by atoms with E-state index in [0.717, 1.165) is 29.7 Å². The molecule has 0 aliphatic carbocycles. The van der Waals surface area contributed by atoms with Crippen molar-refractivity contribution in [3.8, 4) is 23.7 Å². The first kappa shape index (κ1) is 13.0. The Morgan fingerprint density at radius 3 is 2.74 bits per heavy atom. The molecule has 0 aliphatic heterocycles. The third kappa shape index (κ3) is 4.05. The van der Waals surface area contributed by atoms with E-state index in [1.807, 2.05) is 30.3 Å². The van der Waals surface area contributed by atoms with Crippen LogP contribution in [-0.4, -0.2) is 10.2 Å². The van der Waals surface area contributed by atoms with Gasteiger partial charge in [0.25, 0.3) is 0 Å². The quantitative estimate of drug-likeness (QED) is 0.641. The van der Waals surface area contributed by atoms with Crippen molar-refractivity contribution >= 4 is 0 Å². The monoisotopic (exact) mass is 248 g/mol. The van der Waals surface area contributed by atoms with E-state index in [0.29, 0.717) is 0 Å². The number of aromatic nitrogens is 2. The topological polar surface area (TPSA) is 28.7 Å². The number of H-pyrrole nitrogens is 1. The lowest BCUT2D eigenvalue weighted by molar-refractivity contribution is 0.828. The van der Waals surface area contributed by atoms with Gasteiger partial charge in [-0.3, -0.25) is 5.10 Å². The molecule has 0 amide bonds. The maximum atomic E-state index is 4.00. The van der Waals surface area contributed by atoms with E-state index < -0.39 is 0 Å². The molecule has 2 heteroatoms. The van der Waals surface area contributed by atoms with Gasteiger partial charge in [0.2, 0.25) is 0 Å². The van der Waals surface area contributed by atoms with Gasteiger partial charge in [-0.25, -0.2) is 0 Å². The first-order valence-corrected chi connectivity index (χ1v) is 6.49. The second-order valence-corrected chi connectivity index (χ2v) is 4.18. The first-order valence-electron chi connectivity index (χ1n) is 6.49. The third-order valence-electron chi connectivity index (χ3n) is 2.62. The predicted molar refractivity (Wildman–Crippen MR) is 77.4 cm³/mol. The number of nitrogens with zero attached hydrogens (tertiary/aromatic N) is 1. The molecule has 19 heavy (non-hydrogen) atoms. The van der Waals surface area contributed by atoms with E-state index in [2.05, 4.69) is 40.8 Å². The number of nitrogens with one attached hydrogen (secondary N) is 1. The third-order valence-corrected chi connectivity index (χ3v) is 2.62. The molecule has 1 aromatic heterocycles. The Kier molecular flexibility index (Phi) is 4.85. The number of rotatable bonds is 2. The molecule has 1 N–H and O–H groups in total. The Bertz CT molecular complexity index is 630. The van der Waals surface area contributed by atoms with Crippen LogP contribution >= 0.6 is 0 Å². The van der Waals surface area contributed by atoms with Crippen LogP contribution in [0.25, 0.3) is 0 Å². The molecule has 0 fully saturated rings. The number of hydrogen-bond donors (Lipinski definition) is 1. The van der Waals surface area contributed by atoms with E-state index in [9.17, 15) is 0 Å². The molecule has 0 unspecified atom stereocenters. The van der Waals surface area contributed by atoms with Gasteiger partial charge in [0.15, 0.2) is 0 Å². The Morgan fingerprint density at radius 1 is 1.11 bits per heavy atom. The highest BCUT2D eigenvalue weighted by atomic mass is 15.1.